The van der Waals surface area contributed by atoms with E-state index in [1.807, 2.05) is 35.9 Å². The van der Waals surface area contributed by atoms with E-state index in [2.05, 4.69) is 10.3 Å². The van der Waals surface area contributed by atoms with Gasteiger partial charge in [-0.1, -0.05) is 18.2 Å². The number of amidine groups is 1. The minimum Gasteiger partial charge on any atom is -0.466 e. The smallest absolute Gasteiger partial charge is 0.307 e. The zero-order valence-corrected chi connectivity index (χ0v) is 22.0. The molecule has 0 aliphatic heterocycles. The molecule has 38 heavy (non-hydrogen) atoms. The van der Waals surface area contributed by atoms with E-state index in [4.69, 9.17) is 20.9 Å². The van der Waals surface area contributed by atoms with Crippen LogP contribution in [0.25, 0.3) is 11.0 Å². The van der Waals surface area contributed by atoms with Gasteiger partial charge in [0, 0.05) is 36.6 Å². The molecular weight excluding hydrogens is 506 g/mol. The number of pyridine rings is 1. The summed E-state index contributed by atoms with van der Waals surface area (Å²) in [6, 6.07) is 18.0. The SMILES string of the molecule is CCOC(=O)CCN(C(=O)c1ccc2c(c1)nc(CNc1ccccc1C(=N)N)n2C)c1ccccn1.Cl. The first kappa shape index (κ1) is 28.1. The van der Waals surface area contributed by atoms with E-state index in [1.165, 1.54) is 4.90 Å². The Morgan fingerprint density at radius 2 is 1.89 bits per heavy atom. The molecule has 0 unspecified atom stereocenters. The number of nitrogens with two attached hydrogens (primary N) is 1. The number of nitrogen functional groups attached to an aromatic ring is 1. The van der Waals surface area contributed by atoms with Gasteiger partial charge in [-0.25, -0.2) is 9.97 Å². The van der Waals surface area contributed by atoms with Gasteiger partial charge in [0.2, 0.25) is 0 Å². The number of nitrogens with zero attached hydrogens (tertiary/aromatic N) is 4. The zero-order valence-electron chi connectivity index (χ0n) is 21.2. The largest absolute Gasteiger partial charge is 0.466 e. The second-order valence-corrected chi connectivity index (χ2v) is 8.30. The van der Waals surface area contributed by atoms with Gasteiger partial charge >= 0.3 is 5.97 Å². The molecule has 0 aliphatic rings. The van der Waals surface area contributed by atoms with Crippen LogP contribution in [0.15, 0.2) is 66.9 Å². The van der Waals surface area contributed by atoms with Crippen LogP contribution in [0.2, 0.25) is 0 Å². The number of benzene rings is 2. The van der Waals surface area contributed by atoms with Crippen molar-refractivity contribution in [1.29, 1.82) is 5.41 Å². The Hall–Kier alpha value is -4.44. The second kappa shape index (κ2) is 12.7. The van der Waals surface area contributed by atoms with E-state index in [9.17, 15) is 9.59 Å². The lowest BCUT2D eigenvalue weighted by Crippen LogP contribution is -2.34. The van der Waals surface area contributed by atoms with Gasteiger partial charge in [0.05, 0.1) is 30.6 Å². The Bertz CT molecular complexity index is 1440. The van der Waals surface area contributed by atoms with Crippen molar-refractivity contribution >= 4 is 52.7 Å². The number of nitrogens with one attached hydrogen (secondary N) is 2. The minimum atomic E-state index is -0.375. The zero-order chi connectivity index (χ0) is 26.4. The third-order valence-electron chi connectivity index (χ3n) is 5.89. The van der Waals surface area contributed by atoms with Gasteiger partial charge < -0.3 is 20.4 Å². The van der Waals surface area contributed by atoms with Crippen molar-refractivity contribution in [2.45, 2.75) is 19.9 Å². The van der Waals surface area contributed by atoms with E-state index in [0.29, 0.717) is 29.0 Å². The Morgan fingerprint density at radius 1 is 1.13 bits per heavy atom. The molecule has 4 N–H and O–H groups in total. The third kappa shape index (κ3) is 6.27. The van der Waals surface area contributed by atoms with E-state index in [-0.39, 0.29) is 49.7 Å². The maximum absolute atomic E-state index is 13.5. The number of halogens is 1. The Labute approximate surface area is 226 Å². The summed E-state index contributed by atoms with van der Waals surface area (Å²) in [6.07, 6.45) is 1.66. The molecule has 0 saturated carbocycles. The monoisotopic (exact) mass is 535 g/mol. The number of fused-ring (bicyclic) bond motifs is 1. The van der Waals surface area contributed by atoms with Gasteiger partial charge in [0.1, 0.15) is 17.5 Å². The van der Waals surface area contributed by atoms with Gasteiger partial charge in [0.15, 0.2) is 0 Å². The first-order chi connectivity index (χ1) is 17.9. The Morgan fingerprint density at radius 3 is 2.61 bits per heavy atom. The van der Waals surface area contributed by atoms with Crippen LogP contribution in [-0.2, 0) is 23.1 Å². The summed E-state index contributed by atoms with van der Waals surface area (Å²) in [6.45, 7) is 2.57. The highest BCUT2D eigenvalue weighted by molar-refractivity contribution is 6.07. The number of aromatic nitrogens is 3. The van der Waals surface area contributed by atoms with Crippen LogP contribution in [-0.4, -0.2) is 45.4 Å². The summed E-state index contributed by atoms with van der Waals surface area (Å²) >= 11 is 0. The molecule has 0 radical (unpaired) electrons. The van der Waals surface area contributed by atoms with Gasteiger partial charge in [-0.2, -0.15) is 0 Å². The van der Waals surface area contributed by atoms with Crippen molar-refractivity contribution < 1.29 is 14.3 Å². The molecule has 0 atom stereocenters. The number of imidazole rings is 1. The molecule has 2 heterocycles. The van der Waals surface area contributed by atoms with Crippen molar-refractivity contribution in [1.82, 2.24) is 14.5 Å². The molecule has 10 nitrogen and oxygen atoms in total. The fourth-order valence-electron chi connectivity index (χ4n) is 4.01. The number of hydrogen-bond acceptors (Lipinski definition) is 7. The van der Waals surface area contributed by atoms with Crippen LogP contribution < -0.4 is 16.0 Å². The summed E-state index contributed by atoms with van der Waals surface area (Å²) < 4.78 is 6.98. The van der Waals surface area contributed by atoms with Crippen LogP contribution in [0.4, 0.5) is 11.5 Å². The first-order valence-corrected chi connectivity index (χ1v) is 11.9. The summed E-state index contributed by atoms with van der Waals surface area (Å²) in [4.78, 5) is 36.0. The maximum atomic E-state index is 13.5. The van der Waals surface area contributed by atoms with E-state index in [0.717, 1.165) is 17.0 Å². The number of esters is 1. The molecule has 2 aromatic heterocycles. The Balaban J connectivity index is 0.00000400. The number of ether oxygens (including phenoxy) is 1. The quantitative estimate of drug-likeness (QED) is 0.159. The minimum absolute atomic E-state index is 0. The molecule has 0 saturated heterocycles. The topological polar surface area (TPSA) is 139 Å². The van der Waals surface area contributed by atoms with Crippen molar-refractivity contribution in [2.75, 3.05) is 23.4 Å². The Kier molecular flexibility index (Phi) is 9.39. The van der Waals surface area contributed by atoms with Crippen LogP contribution in [0.3, 0.4) is 0 Å². The average molecular weight is 536 g/mol. The molecule has 1 amide bonds. The van der Waals surface area contributed by atoms with Crippen molar-refractivity contribution in [3.05, 3.63) is 83.8 Å². The molecule has 198 valence electrons. The van der Waals surface area contributed by atoms with Crippen molar-refractivity contribution in [2.24, 2.45) is 12.8 Å². The molecule has 2 aromatic carbocycles. The predicted molar refractivity (Wildman–Crippen MR) is 150 cm³/mol. The lowest BCUT2D eigenvalue weighted by atomic mass is 10.1. The molecule has 0 aliphatic carbocycles. The summed E-state index contributed by atoms with van der Waals surface area (Å²) in [7, 11) is 1.91. The number of anilines is 2. The standard InChI is InChI=1S/C27H29N7O3.ClH/c1-3-37-25(35)13-15-34(23-10-6-7-14-30-23)27(36)18-11-12-22-21(16-18)32-24(33(22)2)17-31-20-9-5-4-8-19(20)26(28)29;/h4-12,14,16,31H,3,13,15,17H2,1-2H3,(H3,28,29);1H. The number of rotatable bonds is 10. The lowest BCUT2D eigenvalue weighted by molar-refractivity contribution is -0.142. The van der Waals surface area contributed by atoms with E-state index in [1.54, 1.807) is 49.5 Å². The van der Waals surface area contributed by atoms with Gasteiger partial charge in [-0.3, -0.25) is 19.9 Å². The number of hydrogen-bond donors (Lipinski definition) is 3. The fourth-order valence-corrected chi connectivity index (χ4v) is 4.01. The summed E-state index contributed by atoms with van der Waals surface area (Å²) in [5.41, 5.74) is 9.01. The molecule has 4 aromatic rings. The van der Waals surface area contributed by atoms with E-state index >= 15 is 0 Å². The van der Waals surface area contributed by atoms with Crippen LogP contribution >= 0.6 is 12.4 Å². The van der Waals surface area contributed by atoms with Crippen LogP contribution in [0.5, 0.6) is 0 Å². The maximum Gasteiger partial charge on any atom is 0.307 e. The highest BCUT2D eigenvalue weighted by atomic mass is 35.5. The number of para-hydroxylation sites is 1. The van der Waals surface area contributed by atoms with E-state index < -0.39 is 0 Å². The second-order valence-electron chi connectivity index (χ2n) is 8.30. The van der Waals surface area contributed by atoms with Crippen molar-refractivity contribution in [3.63, 3.8) is 0 Å². The molecule has 0 bridgehead atoms. The normalized spacial score (nSPS) is 10.5. The van der Waals surface area contributed by atoms with Gasteiger partial charge in [-0.05, 0) is 49.4 Å². The van der Waals surface area contributed by atoms with Crippen molar-refractivity contribution in [3.8, 4) is 0 Å². The molecule has 0 fully saturated rings. The summed E-state index contributed by atoms with van der Waals surface area (Å²) in [5.74, 6) is 0.524. The van der Waals surface area contributed by atoms with Crippen LogP contribution in [0.1, 0.15) is 35.1 Å². The lowest BCUT2D eigenvalue weighted by Gasteiger charge is -2.21. The fraction of sp³-hybridized carbons (Fsp3) is 0.222. The summed E-state index contributed by atoms with van der Waals surface area (Å²) in [5, 5.41) is 11.1. The number of carbonyl (C=O) groups is 2. The molecule has 4 rings (SSSR count). The molecule has 11 heteroatoms. The average Bonchev–Trinajstić information content (AvgIpc) is 3.22. The highest BCUT2D eigenvalue weighted by Crippen LogP contribution is 2.22. The predicted octanol–water partition coefficient (Wildman–Crippen LogP) is 3.89. The first-order valence-electron chi connectivity index (χ1n) is 11.9. The third-order valence-corrected chi connectivity index (χ3v) is 5.89. The number of amides is 1. The van der Waals surface area contributed by atoms with Crippen LogP contribution in [0, 0.1) is 5.41 Å². The van der Waals surface area contributed by atoms with Gasteiger partial charge in [-0.15, -0.1) is 12.4 Å². The molecular formula is C27H30ClN7O3. The highest BCUT2D eigenvalue weighted by Gasteiger charge is 2.21. The van der Waals surface area contributed by atoms with Gasteiger partial charge in [0.25, 0.3) is 5.91 Å². The number of carbonyl (C=O) groups excluding carboxylic acids is 2. The molecule has 0 spiro atoms. The number of aryl methyl sites for hydroxylation is 1.